The molecule has 1 fully saturated rings. The third-order valence-corrected chi connectivity index (χ3v) is 4.78. The van der Waals surface area contributed by atoms with Crippen LogP contribution in [-0.4, -0.2) is 56.3 Å². The normalized spacial score (nSPS) is 14.4. The van der Waals surface area contributed by atoms with Gasteiger partial charge in [0.05, 0.1) is 25.3 Å². The summed E-state index contributed by atoms with van der Waals surface area (Å²) in [7, 11) is 0. The Balaban J connectivity index is 1.48. The van der Waals surface area contributed by atoms with E-state index in [2.05, 4.69) is 34.3 Å². The summed E-state index contributed by atoms with van der Waals surface area (Å²) in [5.74, 6) is -0.245. The van der Waals surface area contributed by atoms with Gasteiger partial charge in [0.1, 0.15) is 12.4 Å². The summed E-state index contributed by atoms with van der Waals surface area (Å²) in [4.78, 5) is 18.6. The molecule has 1 heterocycles. The second-order valence-electron chi connectivity index (χ2n) is 6.94. The molecule has 30 heavy (non-hydrogen) atoms. The Morgan fingerprint density at radius 2 is 1.90 bits per heavy atom. The minimum absolute atomic E-state index is 0.0256. The van der Waals surface area contributed by atoms with E-state index < -0.39 is 5.97 Å². The van der Waals surface area contributed by atoms with Gasteiger partial charge in [-0.25, -0.2) is 0 Å². The lowest BCUT2D eigenvalue weighted by Gasteiger charge is -2.28. The quantitative estimate of drug-likeness (QED) is 0.366. The minimum Gasteiger partial charge on any atom is -0.490 e. The molecule has 0 bridgehead atoms. The SMILES string of the molecule is CCC(=NOCCOc1cccc(CC(=O)O)c1)c1ccc(N2CCOCC2)cc1. The lowest BCUT2D eigenvalue weighted by molar-refractivity contribution is -0.136. The first-order valence-electron chi connectivity index (χ1n) is 10.2. The van der Waals surface area contributed by atoms with E-state index in [0.717, 1.165) is 44.0 Å². The van der Waals surface area contributed by atoms with Crippen LogP contribution >= 0.6 is 0 Å². The second-order valence-corrected chi connectivity index (χ2v) is 6.94. The number of aliphatic carboxylic acids is 1. The number of carboxylic acids is 1. The Hall–Kier alpha value is -3.06. The Morgan fingerprint density at radius 1 is 1.13 bits per heavy atom. The molecule has 2 aromatic carbocycles. The summed E-state index contributed by atoms with van der Waals surface area (Å²) >= 11 is 0. The molecular formula is C23H28N2O5. The summed E-state index contributed by atoms with van der Waals surface area (Å²) in [5.41, 5.74) is 3.81. The van der Waals surface area contributed by atoms with Crippen LogP contribution in [0.5, 0.6) is 5.75 Å². The van der Waals surface area contributed by atoms with Gasteiger partial charge in [-0.05, 0) is 41.8 Å². The summed E-state index contributed by atoms with van der Waals surface area (Å²) in [5, 5.41) is 13.1. The number of benzene rings is 2. The van der Waals surface area contributed by atoms with Crippen molar-refractivity contribution in [3.8, 4) is 5.75 Å². The third kappa shape index (κ3) is 6.49. The van der Waals surface area contributed by atoms with Gasteiger partial charge in [-0.2, -0.15) is 0 Å². The Bertz CT molecular complexity index is 845. The number of carbonyl (C=O) groups is 1. The van der Waals surface area contributed by atoms with Crippen LogP contribution in [0.1, 0.15) is 24.5 Å². The van der Waals surface area contributed by atoms with Crippen LogP contribution in [-0.2, 0) is 20.8 Å². The van der Waals surface area contributed by atoms with Crippen molar-refractivity contribution in [2.45, 2.75) is 19.8 Å². The topological polar surface area (TPSA) is 80.6 Å². The number of morpholine rings is 1. The van der Waals surface area contributed by atoms with Gasteiger partial charge < -0.3 is 24.3 Å². The number of hydrogen-bond acceptors (Lipinski definition) is 6. The van der Waals surface area contributed by atoms with Gasteiger partial charge in [-0.1, -0.05) is 36.3 Å². The zero-order valence-electron chi connectivity index (χ0n) is 17.3. The van der Waals surface area contributed by atoms with Crippen molar-refractivity contribution in [1.82, 2.24) is 0 Å². The number of anilines is 1. The molecule has 0 aromatic heterocycles. The third-order valence-electron chi connectivity index (χ3n) is 4.78. The second kappa shape index (κ2) is 11.2. The summed E-state index contributed by atoms with van der Waals surface area (Å²) < 4.78 is 11.0. The first-order valence-corrected chi connectivity index (χ1v) is 10.2. The molecule has 2 aromatic rings. The predicted octanol–water partition coefficient (Wildman–Crippen LogP) is 3.36. The predicted molar refractivity (Wildman–Crippen MR) is 116 cm³/mol. The van der Waals surface area contributed by atoms with E-state index in [9.17, 15) is 4.79 Å². The Morgan fingerprint density at radius 3 is 2.60 bits per heavy atom. The van der Waals surface area contributed by atoms with Crippen LogP contribution in [0.15, 0.2) is 53.7 Å². The van der Waals surface area contributed by atoms with Gasteiger partial charge in [0, 0.05) is 18.8 Å². The molecule has 1 aliphatic rings. The van der Waals surface area contributed by atoms with Crippen molar-refractivity contribution in [2.24, 2.45) is 5.16 Å². The molecular weight excluding hydrogens is 384 g/mol. The van der Waals surface area contributed by atoms with E-state index in [1.807, 2.05) is 6.92 Å². The molecule has 0 unspecified atom stereocenters. The van der Waals surface area contributed by atoms with Crippen molar-refractivity contribution in [3.05, 3.63) is 59.7 Å². The zero-order chi connectivity index (χ0) is 21.2. The maximum atomic E-state index is 10.8. The molecule has 0 saturated carbocycles. The molecule has 0 amide bonds. The number of hydrogen-bond donors (Lipinski definition) is 1. The molecule has 3 rings (SSSR count). The van der Waals surface area contributed by atoms with E-state index in [1.165, 1.54) is 5.69 Å². The summed E-state index contributed by atoms with van der Waals surface area (Å²) in [6.45, 7) is 6.03. The fraction of sp³-hybridized carbons (Fsp3) is 0.391. The van der Waals surface area contributed by atoms with Crippen LogP contribution in [0.3, 0.4) is 0 Å². The first-order chi connectivity index (χ1) is 14.7. The zero-order valence-corrected chi connectivity index (χ0v) is 17.3. The number of oxime groups is 1. The van der Waals surface area contributed by atoms with Gasteiger partial charge in [0.2, 0.25) is 0 Å². The fourth-order valence-corrected chi connectivity index (χ4v) is 3.25. The number of rotatable bonds is 10. The van der Waals surface area contributed by atoms with Crippen molar-refractivity contribution < 1.29 is 24.2 Å². The number of carboxylic acid groups (broad SMARTS) is 1. The molecule has 7 heteroatoms. The van der Waals surface area contributed by atoms with E-state index in [0.29, 0.717) is 24.5 Å². The minimum atomic E-state index is -0.866. The molecule has 0 atom stereocenters. The average Bonchev–Trinajstić information content (AvgIpc) is 2.77. The van der Waals surface area contributed by atoms with Gasteiger partial charge in [-0.15, -0.1) is 0 Å². The average molecular weight is 412 g/mol. The molecule has 7 nitrogen and oxygen atoms in total. The van der Waals surface area contributed by atoms with Gasteiger partial charge in [0.25, 0.3) is 0 Å². The molecule has 1 saturated heterocycles. The highest BCUT2D eigenvalue weighted by atomic mass is 16.6. The van der Waals surface area contributed by atoms with Crippen LogP contribution in [0.4, 0.5) is 5.69 Å². The lowest BCUT2D eigenvalue weighted by atomic mass is 10.1. The molecule has 1 N–H and O–H groups in total. The van der Waals surface area contributed by atoms with Crippen LogP contribution in [0.2, 0.25) is 0 Å². The molecule has 0 radical (unpaired) electrons. The van der Waals surface area contributed by atoms with E-state index in [-0.39, 0.29) is 6.42 Å². The van der Waals surface area contributed by atoms with Crippen molar-refractivity contribution in [1.29, 1.82) is 0 Å². The van der Waals surface area contributed by atoms with E-state index >= 15 is 0 Å². The van der Waals surface area contributed by atoms with E-state index in [1.54, 1.807) is 24.3 Å². The molecule has 1 aliphatic heterocycles. The standard InChI is InChI=1S/C23H28N2O5/c1-2-22(19-6-8-20(9-7-19)25-10-12-28-13-11-25)24-30-15-14-29-21-5-3-4-18(16-21)17-23(26)27/h3-9,16H,2,10-15,17H2,1H3,(H,26,27). The highest BCUT2D eigenvalue weighted by molar-refractivity contribution is 6.00. The van der Waals surface area contributed by atoms with Crippen LogP contribution < -0.4 is 9.64 Å². The highest BCUT2D eigenvalue weighted by Crippen LogP contribution is 2.18. The fourth-order valence-electron chi connectivity index (χ4n) is 3.25. The van der Waals surface area contributed by atoms with Gasteiger partial charge >= 0.3 is 5.97 Å². The van der Waals surface area contributed by atoms with Crippen molar-refractivity contribution >= 4 is 17.4 Å². The number of ether oxygens (including phenoxy) is 2. The maximum absolute atomic E-state index is 10.8. The molecule has 160 valence electrons. The smallest absolute Gasteiger partial charge is 0.307 e. The number of nitrogens with zero attached hydrogens (tertiary/aromatic N) is 2. The van der Waals surface area contributed by atoms with Crippen LogP contribution in [0.25, 0.3) is 0 Å². The van der Waals surface area contributed by atoms with Gasteiger partial charge in [-0.3, -0.25) is 4.79 Å². The van der Waals surface area contributed by atoms with E-state index in [4.69, 9.17) is 19.4 Å². The highest BCUT2D eigenvalue weighted by Gasteiger charge is 2.11. The van der Waals surface area contributed by atoms with Crippen molar-refractivity contribution in [2.75, 3.05) is 44.4 Å². The van der Waals surface area contributed by atoms with Crippen LogP contribution in [0, 0.1) is 0 Å². The lowest BCUT2D eigenvalue weighted by Crippen LogP contribution is -2.36. The maximum Gasteiger partial charge on any atom is 0.307 e. The Labute approximate surface area is 176 Å². The first kappa shape index (κ1) is 21.6. The van der Waals surface area contributed by atoms with Crippen molar-refractivity contribution in [3.63, 3.8) is 0 Å². The van der Waals surface area contributed by atoms with Gasteiger partial charge in [0.15, 0.2) is 6.61 Å². The summed E-state index contributed by atoms with van der Waals surface area (Å²) in [6, 6.07) is 15.4. The Kier molecular flexibility index (Phi) is 8.09. The molecule has 0 spiro atoms. The molecule has 0 aliphatic carbocycles. The summed E-state index contributed by atoms with van der Waals surface area (Å²) in [6.07, 6.45) is 0.733. The largest absolute Gasteiger partial charge is 0.490 e. The monoisotopic (exact) mass is 412 g/mol.